The molecule has 1 heterocycles. The van der Waals surface area contributed by atoms with Gasteiger partial charge in [0.05, 0.1) is 12.1 Å². The van der Waals surface area contributed by atoms with Crippen molar-refractivity contribution in [3.8, 4) is 5.75 Å². The topological polar surface area (TPSA) is 12.5 Å². The number of halogens is 1. The summed E-state index contributed by atoms with van der Waals surface area (Å²) in [5, 5.41) is 0.672. The molecule has 0 amide bonds. The van der Waals surface area contributed by atoms with Crippen LogP contribution < -0.4 is 4.74 Å². The number of benzene rings is 1. The van der Waals surface area contributed by atoms with Crippen LogP contribution in [-0.2, 0) is 0 Å². The average molecular weight is 248 g/mol. The van der Waals surface area contributed by atoms with Gasteiger partial charge < -0.3 is 9.64 Å². The lowest BCUT2D eigenvalue weighted by molar-refractivity contribution is 0.414. The van der Waals surface area contributed by atoms with E-state index in [1.807, 2.05) is 48.4 Å². The third kappa shape index (κ3) is 2.22. The molecule has 1 aromatic rings. The van der Waals surface area contributed by atoms with Crippen molar-refractivity contribution in [2.75, 3.05) is 14.2 Å². The second-order valence-electron chi connectivity index (χ2n) is 3.81. The summed E-state index contributed by atoms with van der Waals surface area (Å²) in [5.41, 5.74) is 2.94. The summed E-state index contributed by atoms with van der Waals surface area (Å²) in [5.74, 6) is 0.757. The maximum atomic E-state index is 6.25. The predicted molar refractivity (Wildman–Crippen MR) is 72.0 cm³/mol. The van der Waals surface area contributed by atoms with Gasteiger partial charge in [0.2, 0.25) is 0 Å². The summed E-state index contributed by atoms with van der Waals surface area (Å²) in [7, 11) is 3.60. The fraction of sp³-hybridized carbons (Fsp3) is 0.143. The molecular formula is C14H14ClNO. The number of ether oxygens (including phenoxy) is 1. The molecule has 0 N–H and O–H groups in total. The summed E-state index contributed by atoms with van der Waals surface area (Å²) in [4.78, 5) is 2.01. The number of likely N-dealkylation sites (N-methyl/N-ethyl adjacent to an activating group) is 1. The normalized spacial score (nSPS) is 14.9. The second kappa shape index (κ2) is 4.68. The van der Waals surface area contributed by atoms with Crippen molar-refractivity contribution in [1.82, 2.24) is 4.90 Å². The summed E-state index contributed by atoms with van der Waals surface area (Å²) >= 11 is 6.25. The molecule has 0 saturated heterocycles. The molecule has 2 rings (SSSR count). The zero-order valence-corrected chi connectivity index (χ0v) is 10.7. The van der Waals surface area contributed by atoms with Gasteiger partial charge in [-0.25, -0.2) is 0 Å². The first-order valence-electron chi connectivity index (χ1n) is 5.28. The molecule has 0 aliphatic carbocycles. The average Bonchev–Trinajstić information content (AvgIpc) is 2.33. The molecule has 0 fully saturated rings. The number of hydrogen-bond acceptors (Lipinski definition) is 2. The van der Waals surface area contributed by atoms with Crippen LogP contribution in [0.25, 0.3) is 5.70 Å². The van der Waals surface area contributed by atoms with E-state index >= 15 is 0 Å². The van der Waals surface area contributed by atoms with E-state index in [0.29, 0.717) is 5.02 Å². The van der Waals surface area contributed by atoms with Crippen LogP contribution in [0.5, 0.6) is 5.75 Å². The van der Waals surface area contributed by atoms with E-state index in [4.69, 9.17) is 16.3 Å². The number of allylic oxidation sites excluding steroid dienone is 3. The molecule has 0 atom stereocenters. The Morgan fingerprint density at radius 1 is 1.35 bits per heavy atom. The highest BCUT2D eigenvalue weighted by Crippen LogP contribution is 2.32. The predicted octanol–water partition coefficient (Wildman–Crippen LogP) is 3.70. The fourth-order valence-electron chi connectivity index (χ4n) is 1.73. The Kier molecular flexibility index (Phi) is 3.25. The first-order chi connectivity index (χ1) is 8.13. The summed E-state index contributed by atoms with van der Waals surface area (Å²) in [6, 6.07) is 5.67. The van der Waals surface area contributed by atoms with Gasteiger partial charge in [-0.05, 0) is 30.4 Å². The molecule has 17 heavy (non-hydrogen) atoms. The van der Waals surface area contributed by atoms with Crippen molar-refractivity contribution in [3.63, 3.8) is 0 Å². The van der Waals surface area contributed by atoms with Crippen molar-refractivity contribution in [3.05, 3.63) is 59.3 Å². The van der Waals surface area contributed by atoms with Gasteiger partial charge in [0.15, 0.2) is 0 Å². The Morgan fingerprint density at radius 3 is 2.76 bits per heavy atom. The molecule has 0 spiro atoms. The molecule has 88 valence electrons. The van der Waals surface area contributed by atoms with Gasteiger partial charge in [-0.1, -0.05) is 24.3 Å². The van der Waals surface area contributed by atoms with Gasteiger partial charge >= 0.3 is 0 Å². The second-order valence-corrected chi connectivity index (χ2v) is 4.21. The van der Waals surface area contributed by atoms with E-state index in [0.717, 1.165) is 22.7 Å². The van der Waals surface area contributed by atoms with Crippen molar-refractivity contribution < 1.29 is 4.74 Å². The van der Waals surface area contributed by atoms with Crippen molar-refractivity contribution >= 4 is 17.3 Å². The van der Waals surface area contributed by atoms with Crippen LogP contribution in [0.15, 0.2) is 48.7 Å². The maximum absolute atomic E-state index is 6.25. The molecule has 2 nitrogen and oxygen atoms in total. The summed E-state index contributed by atoms with van der Waals surface area (Å²) < 4.78 is 5.14. The van der Waals surface area contributed by atoms with Crippen molar-refractivity contribution in [2.45, 2.75) is 0 Å². The zero-order valence-electron chi connectivity index (χ0n) is 9.90. The molecule has 1 aromatic carbocycles. The lowest BCUT2D eigenvalue weighted by Gasteiger charge is -2.26. The van der Waals surface area contributed by atoms with Crippen molar-refractivity contribution in [1.29, 1.82) is 0 Å². The number of hydrogen-bond donors (Lipinski definition) is 0. The lowest BCUT2D eigenvalue weighted by Crippen LogP contribution is -2.16. The smallest absolute Gasteiger partial charge is 0.120 e. The van der Waals surface area contributed by atoms with E-state index in [1.165, 1.54) is 0 Å². The van der Waals surface area contributed by atoms with E-state index in [1.54, 1.807) is 7.11 Å². The molecular weight excluding hydrogens is 234 g/mol. The monoisotopic (exact) mass is 247 g/mol. The summed E-state index contributed by atoms with van der Waals surface area (Å²) in [6.07, 6.45) is 5.95. The Hall–Kier alpha value is -1.67. The first-order valence-corrected chi connectivity index (χ1v) is 5.66. The quantitative estimate of drug-likeness (QED) is 0.790. The van der Waals surface area contributed by atoms with Gasteiger partial charge in [-0.2, -0.15) is 0 Å². The largest absolute Gasteiger partial charge is 0.497 e. The molecule has 0 aromatic heterocycles. The molecule has 0 radical (unpaired) electrons. The summed E-state index contributed by atoms with van der Waals surface area (Å²) in [6.45, 7) is 3.96. The number of rotatable bonds is 2. The molecule has 1 aliphatic heterocycles. The minimum absolute atomic E-state index is 0.672. The molecule has 0 bridgehead atoms. The lowest BCUT2D eigenvalue weighted by atomic mass is 10.1. The molecule has 3 heteroatoms. The molecule has 0 unspecified atom stereocenters. The highest BCUT2D eigenvalue weighted by atomic mass is 35.5. The van der Waals surface area contributed by atoms with Crippen LogP contribution >= 0.6 is 11.6 Å². The van der Waals surface area contributed by atoms with Crippen LogP contribution in [0.3, 0.4) is 0 Å². The van der Waals surface area contributed by atoms with Gasteiger partial charge in [0.1, 0.15) is 5.75 Å². The van der Waals surface area contributed by atoms with Crippen LogP contribution in [0.1, 0.15) is 5.56 Å². The number of methoxy groups -OCH3 is 1. The van der Waals surface area contributed by atoms with Crippen LogP contribution in [0.2, 0.25) is 5.02 Å². The minimum atomic E-state index is 0.672. The van der Waals surface area contributed by atoms with Gasteiger partial charge in [-0.15, -0.1) is 0 Å². The Morgan fingerprint density at radius 2 is 2.12 bits per heavy atom. The van der Waals surface area contributed by atoms with Gasteiger partial charge in [0.25, 0.3) is 0 Å². The van der Waals surface area contributed by atoms with Gasteiger partial charge in [0, 0.05) is 24.0 Å². The standard InChI is InChI=1S/C14H14ClNO/c1-10-5-4-6-14(16(10)2)12-8-7-11(17-3)9-13(12)15/h4-9H,1H2,2-3H3. The van der Waals surface area contributed by atoms with Gasteiger partial charge in [-0.3, -0.25) is 0 Å². The highest BCUT2D eigenvalue weighted by Gasteiger charge is 2.14. The van der Waals surface area contributed by atoms with Crippen LogP contribution in [0.4, 0.5) is 0 Å². The molecule has 1 aliphatic rings. The zero-order chi connectivity index (χ0) is 12.4. The Labute approximate surface area is 106 Å². The Bertz CT molecular complexity index is 517. The van der Waals surface area contributed by atoms with E-state index < -0.39 is 0 Å². The third-order valence-corrected chi connectivity index (χ3v) is 3.10. The van der Waals surface area contributed by atoms with E-state index in [-0.39, 0.29) is 0 Å². The first kappa shape index (κ1) is 11.8. The fourth-order valence-corrected chi connectivity index (χ4v) is 2.00. The van der Waals surface area contributed by atoms with Crippen molar-refractivity contribution in [2.24, 2.45) is 0 Å². The van der Waals surface area contributed by atoms with Crippen LogP contribution in [-0.4, -0.2) is 19.1 Å². The van der Waals surface area contributed by atoms with E-state index in [2.05, 4.69) is 6.58 Å². The Balaban J connectivity index is 2.44. The highest BCUT2D eigenvalue weighted by molar-refractivity contribution is 6.32. The number of nitrogens with zero attached hydrogens (tertiary/aromatic N) is 1. The van der Waals surface area contributed by atoms with Crippen LogP contribution in [0, 0.1) is 0 Å². The third-order valence-electron chi connectivity index (χ3n) is 2.79. The minimum Gasteiger partial charge on any atom is -0.497 e. The molecule has 0 saturated carbocycles. The SMILES string of the molecule is C=C1C=CC=C(c2ccc(OC)cc2Cl)N1C. The van der Waals surface area contributed by atoms with E-state index in [9.17, 15) is 0 Å². The maximum Gasteiger partial charge on any atom is 0.120 e.